The Hall–Kier alpha value is -2.06. The summed E-state index contributed by atoms with van der Waals surface area (Å²) in [5.74, 6) is 0.978. The van der Waals surface area contributed by atoms with E-state index in [1.165, 1.54) is 5.56 Å². The fraction of sp³-hybridized carbons (Fsp3) is 0.222. The van der Waals surface area contributed by atoms with Crippen LogP contribution in [0.15, 0.2) is 65.1 Å². The largest absolute Gasteiger partial charge is 0.459 e. The van der Waals surface area contributed by atoms with Crippen molar-refractivity contribution in [2.75, 3.05) is 6.54 Å². The molecule has 0 saturated heterocycles. The van der Waals surface area contributed by atoms with Gasteiger partial charge >= 0.3 is 0 Å². The van der Waals surface area contributed by atoms with Crippen LogP contribution in [0.1, 0.15) is 30.7 Å². The third-order valence-corrected chi connectivity index (χ3v) is 3.46. The summed E-state index contributed by atoms with van der Waals surface area (Å²) in [5.41, 5.74) is 2.18. The van der Waals surface area contributed by atoms with Crippen molar-refractivity contribution in [2.24, 2.45) is 0 Å². The van der Waals surface area contributed by atoms with Gasteiger partial charge in [0.2, 0.25) is 0 Å². The molecule has 0 amide bonds. The third-order valence-electron chi connectivity index (χ3n) is 3.46. The van der Waals surface area contributed by atoms with E-state index in [2.05, 4.69) is 48.6 Å². The highest BCUT2D eigenvalue weighted by molar-refractivity contribution is 5.77. The first-order chi connectivity index (χ1) is 9.88. The topological polar surface area (TPSA) is 25.2 Å². The third kappa shape index (κ3) is 2.61. The summed E-state index contributed by atoms with van der Waals surface area (Å²) in [6.45, 7) is 3.14. The molecule has 2 aromatic carbocycles. The minimum absolute atomic E-state index is 0.114. The Labute approximate surface area is 119 Å². The van der Waals surface area contributed by atoms with Crippen LogP contribution in [0.5, 0.6) is 0 Å². The highest BCUT2D eigenvalue weighted by atomic mass is 16.3. The van der Waals surface area contributed by atoms with Gasteiger partial charge in [-0.05, 0) is 30.7 Å². The fourth-order valence-corrected chi connectivity index (χ4v) is 2.46. The zero-order valence-corrected chi connectivity index (χ0v) is 11.7. The quantitative estimate of drug-likeness (QED) is 0.733. The van der Waals surface area contributed by atoms with E-state index in [9.17, 15) is 0 Å². The second-order valence-corrected chi connectivity index (χ2v) is 4.98. The highest BCUT2D eigenvalue weighted by Gasteiger charge is 2.17. The second kappa shape index (κ2) is 5.93. The van der Waals surface area contributed by atoms with E-state index in [0.717, 1.165) is 29.7 Å². The van der Waals surface area contributed by atoms with Gasteiger partial charge in [-0.1, -0.05) is 55.5 Å². The number of hydrogen-bond acceptors (Lipinski definition) is 2. The first-order valence-corrected chi connectivity index (χ1v) is 7.15. The van der Waals surface area contributed by atoms with Crippen molar-refractivity contribution < 1.29 is 4.42 Å². The average Bonchev–Trinajstić information content (AvgIpc) is 2.92. The van der Waals surface area contributed by atoms with Crippen molar-refractivity contribution in [1.82, 2.24) is 5.32 Å². The molecule has 2 heteroatoms. The zero-order chi connectivity index (χ0) is 13.8. The highest BCUT2D eigenvalue weighted by Crippen LogP contribution is 2.28. The van der Waals surface area contributed by atoms with E-state index >= 15 is 0 Å². The van der Waals surface area contributed by atoms with Crippen LogP contribution in [0.3, 0.4) is 0 Å². The minimum Gasteiger partial charge on any atom is -0.459 e. The fourth-order valence-electron chi connectivity index (χ4n) is 2.46. The Morgan fingerprint density at radius 3 is 2.50 bits per heavy atom. The molecule has 2 nitrogen and oxygen atoms in total. The number of furan rings is 1. The van der Waals surface area contributed by atoms with Gasteiger partial charge in [-0.2, -0.15) is 0 Å². The van der Waals surface area contributed by atoms with Gasteiger partial charge in [0.05, 0.1) is 6.04 Å². The van der Waals surface area contributed by atoms with Crippen LogP contribution in [0, 0.1) is 0 Å². The number of hydrogen-bond donors (Lipinski definition) is 1. The molecule has 3 rings (SSSR count). The van der Waals surface area contributed by atoms with Gasteiger partial charge in [0.25, 0.3) is 0 Å². The molecule has 0 spiro atoms. The number of fused-ring (bicyclic) bond motifs is 1. The normalized spacial score (nSPS) is 12.7. The van der Waals surface area contributed by atoms with Crippen LogP contribution in [0.25, 0.3) is 11.0 Å². The molecule has 1 heterocycles. The van der Waals surface area contributed by atoms with Crippen molar-refractivity contribution in [1.29, 1.82) is 0 Å². The van der Waals surface area contributed by atoms with Crippen molar-refractivity contribution in [3.05, 3.63) is 72.0 Å². The van der Waals surface area contributed by atoms with Gasteiger partial charge in [0.1, 0.15) is 11.3 Å². The summed E-state index contributed by atoms with van der Waals surface area (Å²) in [7, 11) is 0. The molecule has 1 unspecified atom stereocenters. The zero-order valence-electron chi connectivity index (χ0n) is 11.7. The Bertz CT molecular complexity index is 639. The van der Waals surface area contributed by atoms with E-state index in [0.29, 0.717) is 0 Å². The van der Waals surface area contributed by atoms with Crippen LogP contribution < -0.4 is 5.32 Å². The summed E-state index contributed by atoms with van der Waals surface area (Å²) in [6, 6.07) is 20.9. The molecule has 0 saturated carbocycles. The van der Waals surface area contributed by atoms with E-state index in [4.69, 9.17) is 4.42 Å². The SMILES string of the molecule is CCCNC(c1ccccc1)c1cc2ccccc2o1. The molecule has 0 fully saturated rings. The summed E-state index contributed by atoms with van der Waals surface area (Å²) in [6.07, 6.45) is 1.10. The molecule has 0 aliphatic carbocycles. The van der Waals surface area contributed by atoms with Crippen molar-refractivity contribution in [3.63, 3.8) is 0 Å². The number of para-hydroxylation sites is 1. The lowest BCUT2D eigenvalue weighted by Gasteiger charge is -2.16. The first kappa shape index (κ1) is 12.9. The predicted molar refractivity (Wildman–Crippen MR) is 82.8 cm³/mol. The number of nitrogens with one attached hydrogen (secondary N) is 1. The van der Waals surface area contributed by atoms with Gasteiger partial charge < -0.3 is 9.73 Å². The van der Waals surface area contributed by atoms with E-state index in [-0.39, 0.29) is 6.04 Å². The maximum absolute atomic E-state index is 6.02. The van der Waals surface area contributed by atoms with Crippen molar-refractivity contribution in [3.8, 4) is 0 Å². The molecular weight excluding hydrogens is 246 g/mol. The summed E-state index contributed by atoms with van der Waals surface area (Å²) in [5, 5.41) is 4.72. The number of benzene rings is 2. The lowest BCUT2D eigenvalue weighted by molar-refractivity contribution is 0.469. The molecule has 0 radical (unpaired) electrons. The van der Waals surface area contributed by atoms with E-state index in [1.54, 1.807) is 0 Å². The predicted octanol–water partition coefficient (Wildman–Crippen LogP) is 4.52. The number of rotatable bonds is 5. The van der Waals surface area contributed by atoms with Crippen molar-refractivity contribution in [2.45, 2.75) is 19.4 Å². The van der Waals surface area contributed by atoms with Gasteiger partial charge in [-0.15, -0.1) is 0 Å². The van der Waals surface area contributed by atoms with Gasteiger partial charge in [-0.25, -0.2) is 0 Å². The summed E-state index contributed by atoms with van der Waals surface area (Å²) >= 11 is 0. The molecule has 1 atom stereocenters. The molecule has 0 bridgehead atoms. The van der Waals surface area contributed by atoms with Gasteiger partial charge in [-0.3, -0.25) is 0 Å². The Morgan fingerprint density at radius 1 is 1.00 bits per heavy atom. The lowest BCUT2D eigenvalue weighted by Crippen LogP contribution is -2.22. The Morgan fingerprint density at radius 2 is 1.75 bits per heavy atom. The molecule has 20 heavy (non-hydrogen) atoms. The maximum Gasteiger partial charge on any atom is 0.134 e. The standard InChI is InChI=1S/C18H19NO/c1-2-12-19-18(14-8-4-3-5-9-14)17-13-15-10-6-7-11-16(15)20-17/h3-11,13,18-19H,2,12H2,1H3. The second-order valence-electron chi connectivity index (χ2n) is 4.98. The van der Waals surface area contributed by atoms with Gasteiger partial charge in [0.15, 0.2) is 0 Å². The van der Waals surface area contributed by atoms with E-state index < -0.39 is 0 Å². The molecule has 102 valence electrons. The van der Waals surface area contributed by atoms with Crippen LogP contribution >= 0.6 is 0 Å². The summed E-state index contributed by atoms with van der Waals surface area (Å²) in [4.78, 5) is 0. The molecular formula is C18H19NO. The maximum atomic E-state index is 6.02. The van der Waals surface area contributed by atoms with Crippen LogP contribution in [0.2, 0.25) is 0 Å². The molecule has 1 N–H and O–H groups in total. The average molecular weight is 265 g/mol. The molecule has 1 aromatic heterocycles. The summed E-state index contributed by atoms with van der Waals surface area (Å²) < 4.78 is 6.02. The molecule has 0 aliphatic heterocycles. The lowest BCUT2D eigenvalue weighted by atomic mass is 10.0. The monoisotopic (exact) mass is 265 g/mol. The Kier molecular flexibility index (Phi) is 3.84. The minimum atomic E-state index is 0.114. The Balaban J connectivity index is 2.00. The van der Waals surface area contributed by atoms with E-state index in [1.807, 2.05) is 24.3 Å². The van der Waals surface area contributed by atoms with Crippen LogP contribution in [-0.2, 0) is 0 Å². The van der Waals surface area contributed by atoms with Gasteiger partial charge in [0, 0.05) is 5.39 Å². The van der Waals surface area contributed by atoms with Crippen LogP contribution in [0.4, 0.5) is 0 Å². The molecule has 0 aliphatic rings. The first-order valence-electron chi connectivity index (χ1n) is 7.15. The smallest absolute Gasteiger partial charge is 0.134 e. The van der Waals surface area contributed by atoms with Crippen molar-refractivity contribution >= 4 is 11.0 Å². The molecule has 3 aromatic rings. The van der Waals surface area contributed by atoms with Crippen LogP contribution in [-0.4, -0.2) is 6.54 Å².